The van der Waals surface area contributed by atoms with Crippen LogP contribution < -0.4 is 10.6 Å². The number of carboxylic acids is 2. The molecule has 5 N–H and O–H groups in total. The summed E-state index contributed by atoms with van der Waals surface area (Å²) in [5, 5.41) is 33.7. The van der Waals surface area contributed by atoms with Crippen molar-refractivity contribution in [2.75, 3.05) is 37.4 Å². The standard InChI is InChI=1S/C28H28N6O10S4/c1-3-32-9-10-33(21(38)20(32)37)27(44)29-16(13-7-5-4-6-8-13)19(36)30-28(45-2)25(43)34-17(23(41)42)14(12-47-26(28)34)11-46-24-15(22(39)40)18(35)31-48-24/h4-8,16,26H,3,9-12H2,1-2H3,(H,29,44)(H,30,36)(H,31,35)(H,39,40)(H,41,42)/t16?,26-,28-/m0/s1. The Bertz CT molecular complexity index is 1740. The minimum absolute atomic E-state index is 0.0124. The van der Waals surface area contributed by atoms with Crippen molar-refractivity contribution in [3.05, 3.63) is 52.7 Å². The lowest BCUT2D eigenvalue weighted by Crippen LogP contribution is -2.78. The Labute approximate surface area is 289 Å². The smallest absolute Gasteiger partial charge is 0.352 e. The van der Waals surface area contributed by atoms with Gasteiger partial charge in [-0.15, -0.1) is 35.3 Å². The molecule has 2 aromatic rings. The predicted molar refractivity (Wildman–Crippen MR) is 175 cm³/mol. The van der Waals surface area contributed by atoms with E-state index in [9.17, 15) is 48.9 Å². The minimum Gasteiger partial charge on any atom is -0.492 e. The summed E-state index contributed by atoms with van der Waals surface area (Å²) in [6, 6.07) is 5.71. The molecule has 0 saturated carbocycles. The minimum atomic E-state index is -1.63. The first kappa shape index (κ1) is 35.0. The Hall–Kier alpha value is -4.27. The summed E-state index contributed by atoms with van der Waals surface area (Å²) < 4.78 is 3.81. The number of benzene rings is 1. The van der Waals surface area contributed by atoms with E-state index < -0.39 is 69.3 Å². The summed E-state index contributed by atoms with van der Waals surface area (Å²) in [5.41, 5.74) is -0.0507. The number of fused-ring (bicyclic) bond motifs is 1. The number of amides is 6. The predicted octanol–water partition coefficient (Wildman–Crippen LogP) is 1.21. The number of aliphatic carboxylic acids is 1. The first-order valence-electron chi connectivity index (χ1n) is 14.1. The highest BCUT2D eigenvalue weighted by Crippen LogP contribution is 2.51. The summed E-state index contributed by atoms with van der Waals surface area (Å²) in [4.78, 5) is 91.5. The van der Waals surface area contributed by atoms with Gasteiger partial charge in [0.2, 0.25) is 11.8 Å². The lowest BCUT2D eigenvalue weighted by molar-refractivity contribution is -0.153. The maximum absolute atomic E-state index is 13.9. The third-order valence-corrected chi connectivity index (χ3v) is 12.6. The number of nitrogens with zero attached hydrogens (tertiary/aromatic N) is 4. The molecule has 0 radical (unpaired) electrons. The zero-order chi connectivity index (χ0) is 34.9. The zero-order valence-electron chi connectivity index (χ0n) is 25.2. The van der Waals surface area contributed by atoms with Crippen LogP contribution in [0.5, 0.6) is 5.88 Å². The fraction of sp³-hybridized carbons (Fsp3) is 0.357. The number of carbonyl (C=O) groups excluding carboxylic acids is 5. The van der Waals surface area contributed by atoms with Gasteiger partial charge < -0.3 is 30.9 Å². The SMILES string of the molecule is CCN1CCN(C(=O)NC(C(=O)N[C@]2(SC)C(=O)N3C(C(=O)O)=C(CSc4snc(O)c4C(=O)O)CS[C@H]32)c2ccccc2)C(=O)C1=O. The molecule has 3 atom stereocenters. The molecule has 6 amide bonds. The molecule has 254 valence electrons. The van der Waals surface area contributed by atoms with Crippen molar-refractivity contribution in [2.24, 2.45) is 0 Å². The van der Waals surface area contributed by atoms with Crippen LogP contribution in [0.2, 0.25) is 0 Å². The van der Waals surface area contributed by atoms with E-state index in [2.05, 4.69) is 15.0 Å². The molecule has 0 bridgehead atoms. The average Bonchev–Trinajstić information content (AvgIpc) is 3.45. The van der Waals surface area contributed by atoms with Gasteiger partial charge >= 0.3 is 29.8 Å². The number of hydrogen-bond donors (Lipinski definition) is 5. The van der Waals surface area contributed by atoms with Crippen LogP contribution >= 0.6 is 46.8 Å². The second-order valence-electron chi connectivity index (χ2n) is 10.4. The molecule has 16 nitrogen and oxygen atoms in total. The summed E-state index contributed by atoms with van der Waals surface area (Å²) in [6.45, 7) is 2.04. The van der Waals surface area contributed by atoms with Crippen molar-refractivity contribution in [3.8, 4) is 5.88 Å². The number of carboxylic acid groups (broad SMARTS) is 2. The quantitative estimate of drug-likeness (QED) is 0.0947. The van der Waals surface area contributed by atoms with Crippen LogP contribution in [-0.2, 0) is 24.0 Å². The van der Waals surface area contributed by atoms with Crippen LogP contribution in [0.15, 0.2) is 45.8 Å². The number of urea groups is 1. The highest BCUT2D eigenvalue weighted by molar-refractivity contribution is 8.05. The second-order valence-corrected chi connectivity index (χ2v) is 14.6. The number of aromatic carboxylic acids is 1. The van der Waals surface area contributed by atoms with Crippen LogP contribution in [0, 0.1) is 0 Å². The van der Waals surface area contributed by atoms with Gasteiger partial charge in [0.05, 0.1) is 4.21 Å². The number of imide groups is 1. The number of β-lactam (4-membered cyclic amide) rings is 1. The topological polar surface area (TPSA) is 227 Å². The van der Waals surface area contributed by atoms with E-state index in [1.54, 1.807) is 43.5 Å². The van der Waals surface area contributed by atoms with Gasteiger partial charge in [-0.3, -0.25) is 29.0 Å². The molecule has 1 unspecified atom stereocenters. The van der Waals surface area contributed by atoms with E-state index in [0.29, 0.717) is 11.1 Å². The van der Waals surface area contributed by atoms with Crippen molar-refractivity contribution in [1.29, 1.82) is 0 Å². The van der Waals surface area contributed by atoms with Crippen molar-refractivity contribution in [2.45, 2.75) is 27.4 Å². The summed E-state index contributed by atoms with van der Waals surface area (Å²) in [5.74, 6) is -6.75. The van der Waals surface area contributed by atoms with E-state index >= 15 is 0 Å². The molecule has 1 aromatic carbocycles. The van der Waals surface area contributed by atoms with Crippen molar-refractivity contribution in [1.82, 2.24) is 29.7 Å². The molecule has 3 aliphatic heterocycles. The van der Waals surface area contributed by atoms with E-state index in [-0.39, 0.29) is 41.0 Å². The number of aromatic hydroxyl groups is 1. The molecule has 20 heteroatoms. The van der Waals surface area contributed by atoms with Crippen molar-refractivity contribution in [3.63, 3.8) is 0 Å². The summed E-state index contributed by atoms with van der Waals surface area (Å²) in [6.07, 6.45) is 1.57. The third-order valence-electron chi connectivity index (χ3n) is 7.78. The van der Waals surface area contributed by atoms with Crippen LogP contribution in [-0.4, -0.2) is 124 Å². The van der Waals surface area contributed by atoms with Gasteiger partial charge in [0.1, 0.15) is 22.7 Å². The van der Waals surface area contributed by atoms with Gasteiger partial charge in [-0.25, -0.2) is 14.4 Å². The van der Waals surface area contributed by atoms with E-state index in [0.717, 1.165) is 44.9 Å². The molecule has 5 rings (SSSR count). The Balaban J connectivity index is 1.37. The lowest BCUT2D eigenvalue weighted by Gasteiger charge is -2.56. The Morgan fingerprint density at radius 3 is 2.42 bits per heavy atom. The Morgan fingerprint density at radius 2 is 1.79 bits per heavy atom. The monoisotopic (exact) mass is 736 g/mol. The number of piperazine rings is 1. The average molecular weight is 737 g/mol. The highest BCUT2D eigenvalue weighted by atomic mass is 32.2. The fourth-order valence-electron chi connectivity index (χ4n) is 5.33. The van der Waals surface area contributed by atoms with Gasteiger partial charge in [0.25, 0.3) is 5.91 Å². The lowest BCUT2D eigenvalue weighted by atomic mass is 10.00. The van der Waals surface area contributed by atoms with Crippen LogP contribution in [0.25, 0.3) is 0 Å². The first-order valence-corrected chi connectivity index (χ1v) is 18.2. The number of nitrogens with one attached hydrogen (secondary N) is 2. The highest BCUT2D eigenvalue weighted by Gasteiger charge is 2.65. The second kappa shape index (κ2) is 14.1. The van der Waals surface area contributed by atoms with Crippen molar-refractivity contribution >= 4 is 88.4 Å². The van der Waals surface area contributed by atoms with E-state index in [1.807, 2.05) is 0 Å². The van der Waals surface area contributed by atoms with Gasteiger partial charge in [0.15, 0.2) is 4.87 Å². The third kappa shape index (κ3) is 6.19. The van der Waals surface area contributed by atoms with Crippen LogP contribution in [0.1, 0.15) is 28.9 Å². The molecule has 2 saturated heterocycles. The molecular weight excluding hydrogens is 709 g/mol. The number of thioether (sulfide) groups is 3. The number of rotatable bonds is 11. The molecule has 0 spiro atoms. The van der Waals surface area contributed by atoms with Gasteiger partial charge in [-0.05, 0) is 35.8 Å². The number of carbonyl (C=O) groups is 7. The molecule has 2 fully saturated rings. The maximum atomic E-state index is 13.9. The molecule has 4 heterocycles. The first-order chi connectivity index (χ1) is 22.9. The van der Waals surface area contributed by atoms with Crippen LogP contribution in [0.3, 0.4) is 0 Å². The molecule has 0 aliphatic carbocycles. The summed E-state index contributed by atoms with van der Waals surface area (Å²) >= 11 is 3.89. The molecule has 1 aromatic heterocycles. The Kier molecular flexibility index (Phi) is 10.3. The Morgan fingerprint density at radius 1 is 1.08 bits per heavy atom. The summed E-state index contributed by atoms with van der Waals surface area (Å²) in [7, 11) is 0. The van der Waals surface area contributed by atoms with Gasteiger partial charge in [-0.2, -0.15) is 4.37 Å². The molecular formula is C28H28N6O10S4. The normalized spacial score (nSPS) is 21.4. The van der Waals surface area contributed by atoms with E-state index in [1.165, 1.54) is 16.7 Å². The van der Waals surface area contributed by atoms with Gasteiger partial charge in [0, 0.05) is 31.1 Å². The number of aromatic nitrogens is 1. The maximum Gasteiger partial charge on any atom is 0.352 e. The van der Waals surface area contributed by atoms with Crippen molar-refractivity contribution < 1.29 is 48.9 Å². The molecule has 3 aliphatic rings. The number of likely N-dealkylation sites (N-methyl/N-ethyl adjacent to an activating group) is 1. The number of hydrogen-bond acceptors (Lipinski definition) is 13. The zero-order valence-corrected chi connectivity index (χ0v) is 28.5. The van der Waals surface area contributed by atoms with Crippen LogP contribution in [0.4, 0.5) is 4.79 Å². The fourth-order valence-corrected chi connectivity index (χ4v) is 9.97. The largest absolute Gasteiger partial charge is 0.492 e. The molecule has 48 heavy (non-hydrogen) atoms. The van der Waals surface area contributed by atoms with E-state index in [4.69, 9.17) is 0 Å². The van der Waals surface area contributed by atoms with Gasteiger partial charge in [-0.1, -0.05) is 30.3 Å².